The number of halogens is 2. The molecule has 2 heterocycles. The first-order valence-corrected chi connectivity index (χ1v) is 9.68. The molecule has 0 saturated heterocycles. The highest BCUT2D eigenvalue weighted by Crippen LogP contribution is 2.25. The molecule has 0 aliphatic carbocycles. The summed E-state index contributed by atoms with van der Waals surface area (Å²) in [7, 11) is 0. The van der Waals surface area contributed by atoms with Gasteiger partial charge in [-0.3, -0.25) is 24.6 Å². The molecule has 4 rings (SSSR count). The van der Waals surface area contributed by atoms with Gasteiger partial charge < -0.3 is 0 Å². The number of anilines is 1. The van der Waals surface area contributed by atoms with Gasteiger partial charge in [-0.2, -0.15) is 0 Å². The lowest BCUT2D eigenvalue weighted by Crippen LogP contribution is -2.31. The first-order chi connectivity index (χ1) is 14.0. The van der Waals surface area contributed by atoms with Gasteiger partial charge in [0.2, 0.25) is 5.13 Å². The Balaban J connectivity index is 1.41. The Morgan fingerprint density at radius 3 is 2.41 bits per heavy atom. The minimum absolute atomic E-state index is 0.0159. The van der Waals surface area contributed by atoms with Gasteiger partial charge in [-0.25, -0.2) is 4.39 Å². The minimum Gasteiger partial charge on any atom is -0.296 e. The summed E-state index contributed by atoms with van der Waals surface area (Å²) in [5.74, 6) is -2.18. The number of nitrogens with zero attached hydrogens (tertiary/aromatic N) is 3. The van der Waals surface area contributed by atoms with E-state index in [1.165, 1.54) is 12.1 Å². The second-order valence-corrected chi connectivity index (χ2v) is 7.58. The topological polar surface area (TPSA) is 92.3 Å². The summed E-state index contributed by atoms with van der Waals surface area (Å²) in [5, 5.41) is 10.9. The lowest BCUT2D eigenvalue weighted by atomic mass is 10.1. The molecule has 0 saturated carbocycles. The molecule has 0 radical (unpaired) electrons. The zero-order chi connectivity index (χ0) is 20.5. The van der Waals surface area contributed by atoms with Gasteiger partial charge in [-0.05, 0) is 24.3 Å². The smallest absolute Gasteiger partial charge is 0.261 e. The van der Waals surface area contributed by atoms with Crippen molar-refractivity contribution in [3.8, 4) is 0 Å². The second-order valence-electron chi connectivity index (χ2n) is 6.11. The monoisotopic (exact) mass is 430 g/mol. The van der Waals surface area contributed by atoms with Crippen molar-refractivity contribution in [2.75, 3.05) is 11.9 Å². The number of carbonyl (C=O) groups excluding carboxylic acids is 3. The molecule has 0 spiro atoms. The highest BCUT2D eigenvalue weighted by atomic mass is 35.5. The Morgan fingerprint density at radius 1 is 1.07 bits per heavy atom. The van der Waals surface area contributed by atoms with Crippen LogP contribution in [0, 0.1) is 5.82 Å². The van der Waals surface area contributed by atoms with E-state index < -0.39 is 11.7 Å². The van der Waals surface area contributed by atoms with Crippen LogP contribution in [0.25, 0.3) is 0 Å². The van der Waals surface area contributed by atoms with Crippen LogP contribution in [0.4, 0.5) is 9.52 Å². The number of hydrogen-bond acceptors (Lipinski definition) is 6. The summed E-state index contributed by atoms with van der Waals surface area (Å²) >= 11 is 6.95. The Morgan fingerprint density at radius 2 is 1.76 bits per heavy atom. The number of aromatic nitrogens is 2. The average Bonchev–Trinajstić information content (AvgIpc) is 3.23. The van der Waals surface area contributed by atoms with Crippen LogP contribution >= 0.6 is 22.9 Å². The predicted molar refractivity (Wildman–Crippen MR) is 105 cm³/mol. The van der Waals surface area contributed by atoms with Gasteiger partial charge in [0.25, 0.3) is 17.7 Å². The van der Waals surface area contributed by atoms with Gasteiger partial charge in [0.1, 0.15) is 10.8 Å². The van der Waals surface area contributed by atoms with Gasteiger partial charge >= 0.3 is 0 Å². The van der Waals surface area contributed by atoms with E-state index in [2.05, 4.69) is 15.5 Å². The van der Waals surface area contributed by atoms with Gasteiger partial charge in [-0.1, -0.05) is 41.1 Å². The van der Waals surface area contributed by atoms with Crippen LogP contribution in [0.15, 0.2) is 42.5 Å². The Bertz CT molecular complexity index is 1090. The number of benzene rings is 2. The standard InChI is InChI=1S/C19H12ClFN4O3S/c20-12-6-3-7-13(21)15(12)16(26)22-19-24-23-14(29-19)8-9-25-17(27)10-4-1-2-5-11(10)18(25)28/h1-7H,8-9H2,(H,22,24,26). The number of amides is 3. The average molecular weight is 431 g/mol. The van der Waals surface area contributed by atoms with Crippen molar-refractivity contribution < 1.29 is 18.8 Å². The first kappa shape index (κ1) is 19.2. The lowest BCUT2D eigenvalue weighted by molar-refractivity contribution is 0.0655. The Hall–Kier alpha value is -3.17. The maximum Gasteiger partial charge on any atom is 0.261 e. The van der Waals surface area contributed by atoms with E-state index in [-0.39, 0.29) is 40.5 Å². The molecule has 0 atom stereocenters. The normalized spacial score (nSPS) is 13.0. The van der Waals surface area contributed by atoms with E-state index >= 15 is 0 Å². The molecular weight excluding hydrogens is 419 g/mol. The minimum atomic E-state index is -0.745. The highest BCUT2D eigenvalue weighted by molar-refractivity contribution is 7.15. The largest absolute Gasteiger partial charge is 0.296 e. The molecule has 1 aliphatic rings. The van der Waals surface area contributed by atoms with E-state index in [4.69, 9.17) is 11.6 Å². The van der Waals surface area contributed by atoms with Crippen molar-refractivity contribution in [3.05, 3.63) is 75.0 Å². The molecule has 3 aromatic rings. The van der Waals surface area contributed by atoms with Crippen molar-refractivity contribution in [2.24, 2.45) is 0 Å². The highest BCUT2D eigenvalue weighted by Gasteiger charge is 2.34. The van der Waals surface area contributed by atoms with Crippen LogP contribution < -0.4 is 5.32 Å². The maximum absolute atomic E-state index is 13.8. The zero-order valence-corrected chi connectivity index (χ0v) is 16.3. The molecule has 0 unspecified atom stereocenters. The van der Waals surface area contributed by atoms with Gasteiger partial charge in [0.15, 0.2) is 0 Å². The third-order valence-electron chi connectivity index (χ3n) is 4.30. The Kier molecular flexibility index (Phi) is 5.08. The molecule has 29 heavy (non-hydrogen) atoms. The van der Waals surface area contributed by atoms with Crippen molar-refractivity contribution in [1.82, 2.24) is 15.1 Å². The molecule has 0 bridgehead atoms. The summed E-state index contributed by atoms with van der Waals surface area (Å²) in [6.45, 7) is 0.133. The van der Waals surface area contributed by atoms with Gasteiger partial charge in [-0.15, -0.1) is 10.2 Å². The number of imide groups is 1. The zero-order valence-electron chi connectivity index (χ0n) is 14.7. The number of carbonyl (C=O) groups is 3. The second kappa shape index (κ2) is 7.69. The summed E-state index contributed by atoms with van der Waals surface area (Å²) in [5.41, 5.74) is 0.478. The fourth-order valence-electron chi connectivity index (χ4n) is 2.93. The summed E-state index contributed by atoms with van der Waals surface area (Å²) in [6.07, 6.45) is 0.277. The van der Waals surface area contributed by atoms with Crippen LogP contribution in [0.3, 0.4) is 0 Å². The maximum atomic E-state index is 13.8. The third-order valence-corrected chi connectivity index (χ3v) is 5.52. The van der Waals surface area contributed by atoms with Crippen molar-refractivity contribution in [3.63, 3.8) is 0 Å². The van der Waals surface area contributed by atoms with Crippen LogP contribution in [0.1, 0.15) is 36.1 Å². The van der Waals surface area contributed by atoms with Crippen LogP contribution in [-0.4, -0.2) is 39.4 Å². The fraction of sp³-hybridized carbons (Fsp3) is 0.105. The van der Waals surface area contributed by atoms with Crippen LogP contribution in [-0.2, 0) is 6.42 Å². The quantitative estimate of drug-likeness (QED) is 0.626. The third kappa shape index (κ3) is 3.62. The van der Waals surface area contributed by atoms with Crippen LogP contribution in [0.5, 0.6) is 0 Å². The summed E-state index contributed by atoms with van der Waals surface area (Å²) in [4.78, 5) is 38.1. The molecule has 146 valence electrons. The van der Waals surface area contributed by atoms with Gasteiger partial charge in [0.05, 0.1) is 21.7 Å². The van der Waals surface area contributed by atoms with Crippen LogP contribution in [0.2, 0.25) is 5.02 Å². The summed E-state index contributed by atoms with van der Waals surface area (Å²) in [6, 6.07) is 10.6. The van der Waals surface area contributed by atoms with E-state index in [1.54, 1.807) is 24.3 Å². The van der Waals surface area contributed by atoms with Crippen molar-refractivity contribution in [2.45, 2.75) is 6.42 Å². The molecule has 0 fully saturated rings. The molecule has 3 amide bonds. The van der Waals surface area contributed by atoms with Crippen molar-refractivity contribution in [1.29, 1.82) is 0 Å². The fourth-order valence-corrected chi connectivity index (χ4v) is 3.90. The molecule has 2 aromatic carbocycles. The first-order valence-electron chi connectivity index (χ1n) is 8.48. The number of hydrogen-bond donors (Lipinski definition) is 1. The van der Waals surface area contributed by atoms with E-state index in [1.807, 2.05) is 0 Å². The molecule has 7 nitrogen and oxygen atoms in total. The lowest BCUT2D eigenvalue weighted by Gasteiger charge is -2.12. The van der Waals surface area contributed by atoms with Gasteiger partial charge in [0, 0.05) is 13.0 Å². The Labute approximate surface area is 173 Å². The SMILES string of the molecule is O=C(Nc1nnc(CCN2C(=O)c3ccccc3C2=O)s1)c1c(F)cccc1Cl. The molecule has 1 aliphatic heterocycles. The predicted octanol–water partition coefficient (Wildman–Crippen LogP) is 3.42. The molecule has 10 heteroatoms. The number of fused-ring (bicyclic) bond motifs is 1. The molecule has 1 aromatic heterocycles. The van der Waals surface area contributed by atoms with E-state index in [0.29, 0.717) is 16.1 Å². The number of rotatable bonds is 5. The molecule has 1 N–H and O–H groups in total. The number of nitrogens with one attached hydrogen (secondary N) is 1. The molecular formula is C19H12ClFN4O3S. The van der Waals surface area contributed by atoms with E-state index in [9.17, 15) is 18.8 Å². The van der Waals surface area contributed by atoms with Crippen molar-refractivity contribution >= 4 is 45.8 Å². The van der Waals surface area contributed by atoms with E-state index in [0.717, 1.165) is 22.3 Å². The summed E-state index contributed by atoms with van der Waals surface area (Å²) < 4.78 is 13.8.